The zero-order valence-electron chi connectivity index (χ0n) is 9.47. The number of hydrogen-bond donors (Lipinski definition) is 1. The molecule has 17 heavy (non-hydrogen) atoms. The molecule has 0 bridgehead atoms. The maximum atomic E-state index is 6.10. The summed E-state index contributed by atoms with van der Waals surface area (Å²) in [6.45, 7) is 0.677. The highest BCUT2D eigenvalue weighted by Crippen LogP contribution is 2.19. The molecule has 0 spiro atoms. The maximum absolute atomic E-state index is 6.10. The summed E-state index contributed by atoms with van der Waals surface area (Å²) in [6.07, 6.45) is 1.64. The summed E-state index contributed by atoms with van der Waals surface area (Å²) in [4.78, 5) is 9.98. The molecule has 1 heterocycles. The van der Waals surface area contributed by atoms with Gasteiger partial charge in [0, 0.05) is 24.8 Å². The Morgan fingerprint density at radius 3 is 2.76 bits per heavy atom. The first-order chi connectivity index (χ1) is 8.16. The maximum Gasteiger partial charge on any atom is 0.221 e. The number of nitrogens with two attached hydrogens (primary N) is 1. The van der Waals surface area contributed by atoms with Gasteiger partial charge in [-0.05, 0) is 17.7 Å². The van der Waals surface area contributed by atoms with Crippen LogP contribution in [0, 0.1) is 0 Å². The van der Waals surface area contributed by atoms with Gasteiger partial charge in [0.25, 0.3) is 0 Å². The zero-order chi connectivity index (χ0) is 12.3. The third-order valence-electron chi connectivity index (χ3n) is 2.42. The third-order valence-corrected chi connectivity index (χ3v) is 2.78. The van der Waals surface area contributed by atoms with Gasteiger partial charge >= 0.3 is 0 Å². The van der Waals surface area contributed by atoms with Crippen molar-refractivity contribution in [2.24, 2.45) is 0 Å². The van der Waals surface area contributed by atoms with Crippen LogP contribution in [0.2, 0.25) is 5.02 Å². The van der Waals surface area contributed by atoms with Gasteiger partial charge in [-0.3, -0.25) is 0 Å². The molecule has 5 heteroatoms. The number of hydrogen-bond acceptors (Lipinski definition) is 4. The molecule has 0 saturated heterocycles. The molecule has 0 atom stereocenters. The number of benzene rings is 1. The monoisotopic (exact) mass is 248 g/mol. The summed E-state index contributed by atoms with van der Waals surface area (Å²) >= 11 is 6.10. The van der Waals surface area contributed by atoms with Gasteiger partial charge in [0.2, 0.25) is 5.95 Å². The minimum absolute atomic E-state index is 0.272. The van der Waals surface area contributed by atoms with Gasteiger partial charge in [-0.2, -0.15) is 4.98 Å². The lowest BCUT2D eigenvalue weighted by Crippen LogP contribution is -2.18. The van der Waals surface area contributed by atoms with E-state index in [4.69, 9.17) is 17.3 Å². The van der Waals surface area contributed by atoms with Crippen LogP contribution < -0.4 is 10.6 Å². The molecule has 2 N–H and O–H groups in total. The summed E-state index contributed by atoms with van der Waals surface area (Å²) < 4.78 is 0. The number of aromatic nitrogens is 2. The Kier molecular flexibility index (Phi) is 3.44. The van der Waals surface area contributed by atoms with Crippen LogP contribution in [0.15, 0.2) is 36.5 Å². The fourth-order valence-electron chi connectivity index (χ4n) is 1.54. The normalized spacial score (nSPS) is 10.2. The zero-order valence-corrected chi connectivity index (χ0v) is 10.2. The van der Waals surface area contributed by atoms with E-state index in [1.165, 1.54) is 0 Å². The quantitative estimate of drug-likeness (QED) is 0.906. The largest absolute Gasteiger partial charge is 0.368 e. The number of nitrogen functional groups attached to an aromatic ring is 1. The first kappa shape index (κ1) is 11.7. The van der Waals surface area contributed by atoms with E-state index in [9.17, 15) is 0 Å². The van der Waals surface area contributed by atoms with E-state index in [1.807, 2.05) is 42.3 Å². The summed E-state index contributed by atoms with van der Waals surface area (Å²) in [6, 6.07) is 9.55. The molecular weight excluding hydrogens is 236 g/mol. The number of nitrogens with zero attached hydrogens (tertiary/aromatic N) is 3. The van der Waals surface area contributed by atoms with Gasteiger partial charge in [0.1, 0.15) is 5.82 Å². The van der Waals surface area contributed by atoms with Crippen LogP contribution in [0.3, 0.4) is 0 Å². The molecule has 4 nitrogen and oxygen atoms in total. The Morgan fingerprint density at radius 2 is 2.06 bits per heavy atom. The predicted molar refractivity (Wildman–Crippen MR) is 70.0 cm³/mol. The smallest absolute Gasteiger partial charge is 0.221 e. The minimum atomic E-state index is 0.272. The van der Waals surface area contributed by atoms with E-state index >= 15 is 0 Å². The number of rotatable bonds is 3. The van der Waals surface area contributed by atoms with Crippen LogP contribution >= 0.6 is 11.6 Å². The molecule has 0 unspecified atom stereocenters. The van der Waals surface area contributed by atoms with E-state index in [-0.39, 0.29) is 5.95 Å². The third kappa shape index (κ3) is 2.85. The SMILES string of the molecule is CN(Cc1ccccc1Cl)c1ccnc(N)n1. The fraction of sp³-hybridized carbons (Fsp3) is 0.167. The van der Waals surface area contributed by atoms with Crippen LogP contribution in [0.4, 0.5) is 11.8 Å². The highest BCUT2D eigenvalue weighted by Gasteiger charge is 2.06. The van der Waals surface area contributed by atoms with Crippen molar-refractivity contribution < 1.29 is 0 Å². The minimum Gasteiger partial charge on any atom is -0.368 e. The second-order valence-electron chi connectivity index (χ2n) is 3.72. The molecule has 0 amide bonds. The molecule has 0 saturated carbocycles. The molecule has 1 aromatic carbocycles. The second kappa shape index (κ2) is 5.01. The van der Waals surface area contributed by atoms with Gasteiger partial charge in [-0.1, -0.05) is 29.8 Å². The van der Waals surface area contributed by atoms with Gasteiger partial charge in [-0.25, -0.2) is 4.98 Å². The average molecular weight is 249 g/mol. The molecular formula is C12H13ClN4. The first-order valence-corrected chi connectivity index (χ1v) is 5.57. The van der Waals surface area contributed by atoms with Crippen LogP contribution in [0.25, 0.3) is 0 Å². The van der Waals surface area contributed by atoms with Gasteiger partial charge < -0.3 is 10.6 Å². The molecule has 1 aromatic heterocycles. The Morgan fingerprint density at radius 1 is 1.29 bits per heavy atom. The topological polar surface area (TPSA) is 55.0 Å². The Bertz CT molecular complexity index is 515. The fourth-order valence-corrected chi connectivity index (χ4v) is 1.74. The van der Waals surface area contributed by atoms with Crippen LogP contribution in [-0.2, 0) is 6.54 Å². The molecule has 88 valence electrons. The van der Waals surface area contributed by atoms with E-state index in [0.29, 0.717) is 6.54 Å². The van der Waals surface area contributed by atoms with Crippen molar-refractivity contribution in [3.63, 3.8) is 0 Å². The molecule has 0 aliphatic rings. The lowest BCUT2D eigenvalue weighted by molar-refractivity contribution is 0.894. The average Bonchev–Trinajstić information content (AvgIpc) is 2.32. The molecule has 0 aliphatic heterocycles. The lowest BCUT2D eigenvalue weighted by atomic mass is 10.2. The van der Waals surface area contributed by atoms with Gasteiger partial charge in [-0.15, -0.1) is 0 Å². The van der Waals surface area contributed by atoms with Crippen LogP contribution in [-0.4, -0.2) is 17.0 Å². The van der Waals surface area contributed by atoms with E-state index in [2.05, 4.69) is 9.97 Å². The van der Waals surface area contributed by atoms with E-state index in [1.54, 1.807) is 6.20 Å². The summed E-state index contributed by atoms with van der Waals surface area (Å²) in [5, 5.41) is 0.751. The van der Waals surface area contributed by atoms with Crippen molar-refractivity contribution in [1.29, 1.82) is 0 Å². The van der Waals surface area contributed by atoms with Crippen molar-refractivity contribution in [3.05, 3.63) is 47.1 Å². The molecule has 2 aromatic rings. The highest BCUT2D eigenvalue weighted by atomic mass is 35.5. The van der Waals surface area contributed by atoms with Crippen molar-refractivity contribution in [3.8, 4) is 0 Å². The summed E-state index contributed by atoms with van der Waals surface area (Å²) in [5.74, 6) is 1.05. The number of anilines is 2. The lowest BCUT2D eigenvalue weighted by Gasteiger charge is -2.18. The Hall–Kier alpha value is -1.81. The van der Waals surface area contributed by atoms with Crippen molar-refractivity contribution >= 4 is 23.4 Å². The van der Waals surface area contributed by atoms with Crippen molar-refractivity contribution in [2.45, 2.75) is 6.54 Å². The van der Waals surface area contributed by atoms with Crippen LogP contribution in [0.1, 0.15) is 5.56 Å². The first-order valence-electron chi connectivity index (χ1n) is 5.20. The summed E-state index contributed by atoms with van der Waals surface area (Å²) in [5.41, 5.74) is 6.59. The molecule has 0 aliphatic carbocycles. The number of halogens is 1. The van der Waals surface area contributed by atoms with Gasteiger partial charge in [0.15, 0.2) is 0 Å². The molecule has 0 fully saturated rings. The summed E-state index contributed by atoms with van der Waals surface area (Å²) in [7, 11) is 1.94. The molecule has 0 radical (unpaired) electrons. The Labute approximate surface area is 105 Å². The van der Waals surface area contributed by atoms with Crippen molar-refractivity contribution in [1.82, 2.24) is 9.97 Å². The molecule has 2 rings (SSSR count). The van der Waals surface area contributed by atoms with Crippen LogP contribution in [0.5, 0.6) is 0 Å². The standard InChI is InChI=1S/C12H13ClN4/c1-17(11-6-7-15-12(14)16-11)8-9-4-2-3-5-10(9)13/h2-7H,8H2,1H3,(H2,14,15,16). The van der Waals surface area contributed by atoms with E-state index < -0.39 is 0 Å². The highest BCUT2D eigenvalue weighted by molar-refractivity contribution is 6.31. The van der Waals surface area contributed by atoms with E-state index in [0.717, 1.165) is 16.4 Å². The predicted octanol–water partition coefficient (Wildman–Crippen LogP) is 2.35. The second-order valence-corrected chi connectivity index (χ2v) is 4.13. The Balaban J connectivity index is 2.17. The van der Waals surface area contributed by atoms with Gasteiger partial charge in [0.05, 0.1) is 0 Å². The van der Waals surface area contributed by atoms with Crippen molar-refractivity contribution in [2.75, 3.05) is 17.7 Å².